The number of halogens is 1. The highest BCUT2D eigenvalue weighted by molar-refractivity contribution is 5.55. The number of ether oxygens (including phenoxy) is 1. The highest BCUT2D eigenvalue weighted by atomic mass is 19.1. The molecule has 0 radical (unpaired) electrons. The molecular weight excluding hydrogens is 311 g/mol. The SMILES string of the molecule is COc1ccc(-c2noc(CNc3ccc(F)c(C#N)c3)n2)cc1. The Labute approximate surface area is 137 Å². The second-order valence-corrected chi connectivity index (χ2v) is 4.90. The highest BCUT2D eigenvalue weighted by Gasteiger charge is 2.09. The molecule has 6 nitrogen and oxygen atoms in total. The van der Waals surface area contributed by atoms with E-state index < -0.39 is 5.82 Å². The summed E-state index contributed by atoms with van der Waals surface area (Å²) in [7, 11) is 1.60. The molecule has 7 heteroatoms. The van der Waals surface area contributed by atoms with E-state index in [9.17, 15) is 4.39 Å². The van der Waals surface area contributed by atoms with E-state index in [4.69, 9.17) is 14.5 Å². The van der Waals surface area contributed by atoms with Crippen LogP contribution in [0.4, 0.5) is 10.1 Å². The van der Waals surface area contributed by atoms with Crippen molar-refractivity contribution in [2.24, 2.45) is 0 Å². The van der Waals surface area contributed by atoms with Crippen molar-refractivity contribution >= 4 is 5.69 Å². The van der Waals surface area contributed by atoms with Gasteiger partial charge >= 0.3 is 0 Å². The van der Waals surface area contributed by atoms with Crippen LogP contribution in [0.1, 0.15) is 11.5 Å². The van der Waals surface area contributed by atoms with Gasteiger partial charge in [0.25, 0.3) is 0 Å². The molecule has 1 heterocycles. The molecule has 0 aliphatic carbocycles. The first-order valence-electron chi connectivity index (χ1n) is 7.10. The van der Waals surface area contributed by atoms with Crippen LogP contribution >= 0.6 is 0 Å². The summed E-state index contributed by atoms with van der Waals surface area (Å²) in [6.07, 6.45) is 0. The van der Waals surface area contributed by atoms with Gasteiger partial charge in [-0.25, -0.2) is 4.39 Å². The number of rotatable bonds is 5. The summed E-state index contributed by atoms with van der Waals surface area (Å²) in [5.41, 5.74) is 1.38. The van der Waals surface area contributed by atoms with Gasteiger partial charge < -0.3 is 14.6 Å². The second kappa shape index (κ2) is 6.79. The van der Waals surface area contributed by atoms with Crippen LogP contribution in [0.3, 0.4) is 0 Å². The summed E-state index contributed by atoms with van der Waals surface area (Å²) < 4.78 is 23.6. The molecule has 1 N–H and O–H groups in total. The number of nitrogens with one attached hydrogen (secondary N) is 1. The fourth-order valence-corrected chi connectivity index (χ4v) is 2.08. The number of nitrogens with zero attached hydrogens (tertiary/aromatic N) is 3. The lowest BCUT2D eigenvalue weighted by Gasteiger charge is -2.03. The molecule has 0 fully saturated rings. The van der Waals surface area contributed by atoms with Gasteiger partial charge in [-0.3, -0.25) is 0 Å². The predicted octanol–water partition coefficient (Wildman–Crippen LogP) is 3.37. The maximum atomic E-state index is 13.3. The minimum atomic E-state index is -0.553. The molecule has 3 aromatic rings. The molecule has 120 valence electrons. The zero-order valence-corrected chi connectivity index (χ0v) is 12.8. The van der Waals surface area contributed by atoms with Crippen LogP contribution in [0.2, 0.25) is 0 Å². The Kier molecular flexibility index (Phi) is 4.38. The summed E-state index contributed by atoms with van der Waals surface area (Å²) in [5, 5.41) is 15.8. The summed E-state index contributed by atoms with van der Waals surface area (Å²) in [6, 6.07) is 13.3. The molecule has 2 aromatic carbocycles. The minimum Gasteiger partial charge on any atom is -0.497 e. The summed E-state index contributed by atoms with van der Waals surface area (Å²) in [6.45, 7) is 0.264. The molecule has 0 bridgehead atoms. The Hall–Kier alpha value is -3.40. The van der Waals surface area contributed by atoms with Crippen LogP contribution < -0.4 is 10.1 Å². The number of nitriles is 1. The Morgan fingerprint density at radius 1 is 1.25 bits per heavy atom. The van der Waals surface area contributed by atoms with Crippen molar-refractivity contribution in [3.8, 4) is 23.2 Å². The number of benzene rings is 2. The summed E-state index contributed by atoms with van der Waals surface area (Å²) in [4.78, 5) is 4.29. The molecule has 0 aliphatic heterocycles. The monoisotopic (exact) mass is 324 g/mol. The molecule has 1 aromatic heterocycles. The van der Waals surface area contributed by atoms with Crippen molar-refractivity contribution < 1.29 is 13.7 Å². The van der Waals surface area contributed by atoms with E-state index in [1.54, 1.807) is 13.2 Å². The third-order valence-electron chi connectivity index (χ3n) is 3.35. The van der Waals surface area contributed by atoms with Crippen molar-refractivity contribution in [3.63, 3.8) is 0 Å². The van der Waals surface area contributed by atoms with Crippen LogP contribution in [-0.2, 0) is 6.54 Å². The van der Waals surface area contributed by atoms with Crippen molar-refractivity contribution in [3.05, 3.63) is 59.7 Å². The molecule has 0 saturated carbocycles. The molecule has 3 rings (SSSR count). The molecule has 0 atom stereocenters. The lowest BCUT2D eigenvalue weighted by molar-refractivity contribution is 0.384. The van der Waals surface area contributed by atoms with Crippen LogP contribution in [-0.4, -0.2) is 17.3 Å². The lowest BCUT2D eigenvalue weighted by atomic mass is 10.2. The Morgan fingerprint density at radius 3 is 2.75 bits per heavy atom. The fraction of sp³-hybridized carbons (Fsp3) is 0.118. The van der Waals surface area contributed by atoms with E-state index in [0.29, 0.717) is 17.4 Å². The molecule has 0 amide bonds. The minimum absolute atomic E-state index is 0.0237. The van der Waals surface area contributed by atoms with Gasteiger partial charge in [-0.2, -0.15) is 10.2 Å². The van der Waals surface area contributed by atoms with E-state index >= 15 is 0 Å². The fourth-order valence-electron chi connectivity index (χ4n) is 2.08. The summed E-state index contributed by atoms with van der Waals surface area (Å²) >= 11 is 0. The molecule has 0 saturated heterocycles. The number of aromatic nitrogens is 2. The van der Waals surface area contributed by atoms with E-state index in [0.717, 1.165) is 11.3 Å². The number of methoxy groups -OCH3 is 1. The normalized spacial score (nSPS) is 10.2. The molecule has 0 spiro atoms. The average Bonchev–Trinajstić information content (AvgIpc) is 3.10. The Balaban J connectivity index is 1.69. The standard InChI is InChI=1S/C17H13FN4O2/c1-23-14-5-2-11(3-6-14)17-21-16(24-22-17)10-20-13-4-7-15(18)12(8-13)9-19/h2-8,20H,10H2,1H3. The zero-order valence-electron chi connectivity index (χ0n) is 12.8. The van der Waals surface area contributed by atoms with Crippen molar-refractivity contribution in [1.82, 2.24) is 10.1 Å². The van der Waals surface area contributed by atoms with Gasteiger partial charge in [0.2, 0.25) is 11.7 Å². The lowest BCUT2D eigenvalue weighted by Crippen LogP contribution is -2.00. The zero-order chi connectivity index (χ0) is 16.9. The van der Waals surface area contributed by atoms with E-state index in [-0.39, 0.29) is 12.1 Å². The Bertz CT molecular complexity index is 884. The molecule has 0 unspecified atom stereocenters. The van der Waals surface area contributed by atoms with Gasteiger partial charge in [-0.05, 0) is 42.5 Å². The van der Waals surface area contributed by atoms with Crippen LogP contribution in [0.5, 0.6) is 5.75 Å². The summed E-state index contributed by atoms with van der Waals surface area (Å²) in [5.74, 6) is 1.03. The first-order chi connectivity index (χ1) is 11.7. The van der Waals surface area contributed by atoms with E-state index in [1.807, 2.05) is 24.3 Å². The van der Waals surface area contributed by atoms with Gasteiger partial charge in [0, 0.05) is 11.3 Å². The van der Waals surface area contributed by atoms with Crippen LogP contribution in [0, 0.1) is 17.1 Å². The molecule has 24 heavy (non-hydrogen) atoms. The predicted molar refractivity (Wildman–Crippen MR) is 84.7 cm³/mol. The third kappa shape index (κ3) is 3.33. The largest absolute Gasteiger partial charge is 0.497 e. The first-order valence-corrected chi connectivity index (χ1v) is 7.10. The number of hydrogen-bond donors (Lipinski definition) is 1. The smallest absolute Gasteiger partial charge is 0.246 e. The molecular formula is C17H13FN4O2. The quantitative estimate of drug-likeness (QED) is 0.774. The topological polar surface area (TPSA) is 84.0 Å². The van der Waals surface area contributed by atoms with Crippen LogP contribution in [0.15, 0.2) is 47.0 Å². The highest BCUT2D eigenvalue weighted by Crippen LogP contribution is 2.20. The van der Waals surface area contributed by atoms with E-state index in [1.165, 1.54) is 18.2 Å². The van der Waals surface area contributed by atoms with Gasteiger partial charge in [-0.1, -0.05) is 5.16 Å². The first kappa shape index (κ1) is 15.5. The van der Waals surface area contributed by atoms with Gasteiger partial charge in [0.1, 0.15) is 17.6 Å². The third-order valence-corrected chi connectivity index (χ3v) is 3.35. The van der Waals surface area contributed by atoms with Gasteiger partial charge in [0.15, 0.2) is 0 Å². The van der Waals surface area contributed by atoms with Gasteiger partial charge in [0.05, 0.1) is 19.2 Å². The van der Waals surface area contributed by atoms with Gasteiger partial charge in [-0.15, -0.1) is 0 Å². The molecule has 0 aliphatic rings. The van der Waals surface area contributed by atoms with E-state index in [2.05, 4.69) is 15.5 Å². The maximum Gasteiger partial charge on any atom is 0.246 e. The van der Waals surface area contributed by atoms with Crippen molar-refractivity contribution in [1.29, 1.82) is 5.26 Å². The van der Waals surface area contributed by atoms with Crippen LogP contribution in [0.25, 0.3) is 11.4 Å². The number of hydrogen-bond acceptors (Lipinski definition) is 6. The van der Waals surface area contributed by atoms with Crippen molar-refractivity contribution in [2.75, 3.05) is 12.4 Å². The second-order valence-electron chi connectivity index (χ2n) is 4.90. The average molecular weight is 324 g/mol. The Morgan fingerprint density at radius 2 is 2.04 bits per heavy atom. The van der Waals surface area contributed by atoms with Crippen molar-refractivity contribution in [2.45, 2.75) is 6.54 Å². The maximum absolute atomic E-state index is 13.3. The number of anilines is 1.